The van der Waals surface area contributed by atoms with Gasteiger partial charge in [-0.2, -0.15) is 4.68 Å². The summed E-state index contributed by atoms with van der Waals surface area (Å²) in [5, 5.41) is 17.7. The van der Waals surface area contributed by atoms with Gasteiger partial charge in [0.05, 0.1) is 17.8 Å². The molecule has 2 aromatic heterocycles. The van der Waals surface area contributed by atoms with Crippen LogP contribution in [-0.2, 0) is 6.54 Å². The number of rotatable bonds is 5. The molecule has 7 nitrogen and oxygen atoms in total. The van der Waals surface area contributed by atoms with Gasteiger partial charge in [-0.1, -0.05) is 0 Å². The zero-order valence-electron chi connectivity index (χ0n) is 10.2. The highest BCUT2D eigenvalue weighted by atomic mass is 79.9. The molecule has 19 heavy (non-hydrogen) atoms. The Morgan fingerprint density at radius 1 is 1.58 bits per heavy atom. The molecule has 100 valence electrons. The first kappa shape index (κ1) is 13.5. The third kappa shape index (κ3) is 3.28. The van der Waals surface area contributed by atoms with Gasteiger partial charge < -0.3 is 15.4 Å². The summed E-state index contributed by atoms with van der Waals surface area (Å²) in [6, 6.07) is 3.74. The van der Waals surface area contributed by atoms with E-state index in [0.717, 1.165) is 17.9 Å². The number of nitro groups is 1. The molecule has 0 saturated carbocycles. The van der Waals surface area contributed by atoms with Gasteiger partial charge in [0.25, 0.3) is 0 Å². The van der Waals surface area contributed by atoms with Gasteiger partial charge in [0.2, 0.25) is 0 Å². The van der Waals surface area contributed by atoms with Crippen molar-refractivity contribution >= 4 is 27.6 Å². The first-order chi connectivity index (χ1) is 9.10. The van der Waals surface area contributed by atoms with E-state index in [1.807, 2.05) is 19.1 Å². The summed E-state index contributed by atoms with van der Waals surface area (Å²) in [6.07, 6.45) is 3.28. The number of nitrogens with zero attached hydrogens (tertiary/aromatic N) is 4. The van der Waals surface area contributed by atoms with Crippen LogP contribution in [0.15, 0.2) is 29.0 Å². The SMILES string of the molecule is CCNc1cc(Cn2cc(Br)c([N+](=O)[O-])n2)ccn1. The predicted octanol–water partition coefficient (Wildman–Crippen LogP) is 2.43. The van der Waals surface area contributed by atoms with Crippen molar-refractivity contribution in [3.63, 3.8) is 0 Å². The van der Waals surface area contributed by atoms with E-state index in [9.17, 15) is 10.1 Å². The number of aromatic nitrogens is 3. The Kier molecular flexibility index (Phi) is 4.10. The topological polar surface area (TPSA) is 85.9 Å². The van der Waals surface area contributed by atoms with Crippen molar-refractivity contribution in [3.8, 4) is 0 Å². The fraction of sp³-hybridized carbons (Fsp3) is 0.273. The van der Waals surface area contributed by atoms with Crippen LogP contribution < -0.4 is 5.32 Å². The second-order valence-corrected chi connectivity index (χ2v) is 4.69. The molecular weight excluding hydrogens is 314 g/mol. The van der Waals surface area contributed by atoms with Crippen LogP contribution in [0.4, 0.5) is 11.6 Å². The van der Waals surface area contributed by atoms with E-state index >= 15 is 0 Å². The summed E-state index contributed by atoms with van der Waals surface area (Å²) >= 11 is 3.12. The minimum absolute atomic E-state index is 0.180. The zero-order valence-corrected chi connectivity index (χ0v) is 11.8. The van der Waals surface area contributed by atoms with Gasteiger partial charge in [-0.3, -0.25) is 0 Å². The third-order valence-electron chi connectivity index (χ3n) is 2.40. The van der Waals surface area contributed by atoms with Crippen LogP contribution in [0.25, 0.3) is 0 Å². The molecule has 1 N–H and O–H groups in total. The van der Waals surface area contributed by atoms with E-state index in [4.69, 9.17) is 0 Å². The molecule has 0 bridgehead atoms. The Labute approximate surface area is 117 Å². The number of nitrogens with one attached hydrogen (secondary N) is 1. The fourth-order valence-electron chi connectivity index (χ4n) is 1.63. The lowest BCUT2D eigenvalue weighted by molar-refractivity contribution is -0.390. The second kappa shape index (κ2) is 5.79. The minimum atomic E-state index is -0.517. The van der Waals surface area contributed by atoms with Crippen LogP contribution >= 0.6 is 15.9 Å². The monoisotopic (exact) mass is 325 g/mol. The smallest absolute Gasteiger partial charge is 0.370 e. The molecule has 0 amide bonds. The van der Waals surface area contributed by atoms with Crippen molar-refractivity contribution in [3.05, 3.63) is 44.7 Å². The van der Waals surface area contributed by atoms with Crippen molar-refractivity contribution in [2.75, 3.05) is 11.9 Å². The number of hydrogen-bond acceptors (Lipinski definition) is 5. The normalized spacial score (nSPS) is 10.4. The highest BCUT2D eigenvalue weighted by Gasteiger charge is 2.18. The van der Waals surface area contributed by atoms with Gasteiger partial charge in [-0.15, -0.1) is 0 Å². The molecule has 0 aliphatic rings. The molecule has 2 aromatic rings. The predicted molar refractivity (Wildman–Crippen MR) is 74.1 cm³/mol. The summed E-state index contributed by atoms with van der Waals surface area (Å²) in [7, 11) is 0. The molecule has 0 radical (unpaired) electrons. The standard InChI is InChI=1S/C11H12BrN5O2/c1-2-13-10-5-8(3-4-14-10)6-16-7-9(12)11(15-16)17(18)19/h3-5,7H,2,6H2,1H3,(H,13,14). The van der Waals surface area contributed by atoms with E-state index in [0.29, 0.717) is 11.0 Å². The largest absolute Gasteiger partial charge is 0.404 e. The first-order valence-electron chi connectivity index (χ1n) is 5.66. The number of pyridine rings is 1. The van der Waals surface area contributed by atoms with E-state index in [-0.39, 0.29) is 5.82 Å². The van der Waals surface area contributed by atoms with Crippen molar-refractivity contribution in [2.24, 2.45) is 0 Å². The summed E-state index contributed by atoms with van der Waals surface area (Å²) in [6.45, 7) is 3.23. The second-order valence-electron chi connectivity index (χ2n) is 3.83. The summed E-state index contributed by atoms with van der Waals surface area (Å²) in [5.41, 5.74) is 0.968. The molecule has 0 fully saturated rings. The van der Waals surface area contributed by atoms with E-state index in [2.05, 4.69) is 31.3 Å². The fourth-order valence-corrected chi connectivity index (χ4v) is 2.09. The lowest BCUT2D eigenvalue weighted by Gasteiger charge is -2.04. The summed E-state index contributed by atoms with van der Waals surface area (Å²) < 4.78 is 1.89. The molecule has 2 rings (SSSR count). The number of halogens is 1. The molecule has 0 saturated heterocycles. The van der Waals surface area contributed by atoms with E-state index in [1.165, 1.54) is 4.68 Å². The van der Waals surface area contributed by atoms with Crippen molar-refractivity contribution in [2.45, 2.75) is 13.5 Å². The van der Waals surface area contributed by atoms with Gasteiger partial charge in [0.1, 0.15) is 10.3 Å². The van der Waals surface area contributed by atoms with Crippen LogP contribution in [0.3, 0.4) is 0 Å². The van der Waals surface area contributed by atoms with E-state index in [1.54, 1.807) is 12.4 Å². The maximum atomic E-state index is 10.7. The highest BCUT2D eigenvalue weighted by Crippen LogP contribution is 2.22. The van der Waals surface area contributed by atoms with Crippen LogP contribution in [0.1, 0.15) is 12.5 Å². The van der Waals surface area contributed by atoms with Gasteiger partial charge in [0, 0.05) is 12.7 Å². The van der Waals surface area contributed by atoms with Crippen LogP contribution in [-0.4, -0.2) is 26.2 Å². The molecule has 2 heterocycles. The van der Waals surface area contributed by atoms with Gasteiger partial charge in [0.15, 0.2) is 0 Å². The third-order valence-corrected chi connectivity index (χ3v) is 2.96. The lowest BCUT2D eigenvalue weighted by atomic mass is 10.2. The quantitative estimate of drug-likeness (QED) is 0.674. The highest BCUT2D eigenvalue weighted by molar-refractivity contribution is 9.10. The van der Waals surface area contributed by atoms with Crippen molar-refractivity contribution in [1.82, 2.24) is 14.8 Å². The van der Waals surface area contributed by atoms with Crippen molar-refractivity contribution in [1.29, 1.82) is 0 Å². The summed E-state index contributed by atoms with van der Waals surface area (Å²) in [5.74, 6) is 0.599. The Morgan fingerprint density at radius 3 is 3.00 bits per heavy atom. The molecule has 0 atom stereocenters. The Balaban J connectivity index is 2.19. The molecular formula is C11H12BrN5O2. The lowest BCUT2D eigenvalue weighted by Crippen LogP contribution is -2.04. The molecule has 0 unspecified atom stereocenters. The van der Waals surface area contributed by atoms with Crippen LogP contribution in [0.2, 0.25) is 0 Å². The Morgan fingerprint density at radius 2 is 2.37 bits per heavy atom. The number of hydrogen-bond donors (Lipinski definition) is 1. The zero-order chi connectivity index (χ0) is 13.8. The molecule has 0 aliphatic carbocycles. The van der Waals surface area contributed by atoms with Gasteiger partial charge >= 0.3 is 5.82 Å². The average Bonchev–Trinajstić information content (AvgIpc) is 2.71. The Hall–Kier alpha value is -1.96. The van der Waals surface area contributed by atoms with Crippen LogP contribution in [0, 0.1) is 10.1 Å². The van der Waals surface area contributed by atoms with Gasteiger partial charge in [-0.25, -0.2) is 4.98 Å². The van der Waals surface area contributed by atoms with Gasteiger partial charge in [-0.05, 0) is 45.5 Å². The minimum Gasteiger partial charge on any atom is -0.370 e. The maximum absolute atomic E-state index is 10.7. The molecule has 0 aliphatic heterocycles. The number of anilines is 1. The van der Waals surface area contributed by atoms with Crippen LogP contribution in [0.5, 0.6) is 0 Å². The maximum Gasteiger partial charge on any atom is 0.404 e. The molecule has 0 aromatic carbocycles. The average molecular weight is 326 g/mol. The first-order valence-corrected chi connectivity index (χ1v) is 6.45. The van der Waals surface area contributed by atoms with E-state index < -0.39 is 4.92 Å². The molecule has 0 spiro atoms. The van der Waals surface area contributed by atoms with Crippen molar-refractivity contribution < 1.29 is 4.92 Å². The Bertz CT molecular complexity index is 599. The summed E-state index contributed by atoms with van der Waals surface area (Å²) in [4.78, 5) is 14.4. The molecule has 8 heteroatoms.